The standard InChI is InChI=1S/C24H27BrN2O2S2/c1-4-5-11-20-26-24(30-2)21(22(28)23(25)31(3)29)27(20)16-17-12-14-19(15-13-17)18-9-7-6-8-10-18/h6-10,12-15,23H,4-5,11,16H2,1-3H3. The van der Waals surface area contributed by atoms with E-state index < -0.39 is 15.0 Å². The normalized spacial score (nSPS) is 13.2. The average molecular weight is 520 g/mol. The maximum atomic E-state index is 13.2. The molecule has 0 fully saturated rings. The van der Waals surface area contributed by atoms with Crippen LogP contribution in [0.15, 0.2) is 59.6 Å². The Labute approximate surface area is 199 Å². The number of halogens is 1. The van der Waals surface area contributed by atoms with Gasteiger partial charge >= 0.3 is 0 Å². The van der Waals surface area contributed by atoms with E-state index in [0.29, 0.717) is 17.3 Å². The zero-order valence-corrected chi connectivity index (χ0v) is 21.2. The van der Waals surface area contributed by atoms with E-state index in [4.69, 9.17) is 4.98 Å². The molecular formula is C24H27BrN2O2S2. The Hall–Kier alpha value is -1.70. The molecule has 0 aliphatic rings. The predicted octanol–water partition coefficient (Wildman–Crippen LogP) is 5.95. The lowest BCUT2D eigenvalue weighted by Crippen LogP contribution is -2.23. The Morgan fingerprint density at radius 1 is 1.13 bits per heavy atom. The van der Waals surface area contributed by atoms with Crippen molar-refractivity contribution in [1.82, 2.24) is 9.55 Å². The number of hydrogen-bond donors (Lipinski definition) is 0. The first-order valence-electron chi connectivity index (χ1n) is 10.2. The summed E-state index contributed by atoms with van der Waals surface area (Å²) in [7, 11) is -1.31. The van der Waals surface area contributed by atoms with Gasteiger partial charge in [0.15, 0.2) is 4.16 Å². The van der Waals surface area contributed by atoms with E-state index >= 15 is 0 Å². The van der Waals surface area contributed by atoms with Crippen LogP contribution in [0.2, 0.25) is 0 Å². The summed E-state index contributed by atoms with van der Waals surface area (Å²) in [6.07, 6.45) is 6.33. The van der Waals surface area contributed by atoms with E-state index in [9.17, 15) is 9.00 Å². The summed E-state index contributed by atoms with van der Waals surface area (Å²) in [6, 6.07) is 18.7. The highest BCUT2D eigenvalue weighted by molar-refractivity contribution is 9.11. The summed E-state index contributed by atoms with van der Waals surface area (Å²) in [5.74, 6) is 0.726. The van der Waals surface area contributed by atoms with Crippen LogP contribution in [-0.2, 0) is 23.8 Å². The Morgan fingerprint density at radius 3 is 2.35 bits per heavy atom. The van der Waals surface area contributed by atoms with Gasteiger partial charge in [0.05, 0.1) is 0 Å². The van der Waals surface area contributed by atoms with Crippen molar-refractivity contribution >= 4 is 44.3 Å². The molecule has 164 valence electrons. The summed E-state index contributed by atoms with van der Waals surface area (Å²) in [6.45, 7) is 2.70. The molecule has 1 aromatic heterocycles. The number of carbonyl (C=O) groups is 1. The zero-order chi connectivity index (χ0) is 22.4. The van der Waals surface area contributed by atoms with Crippen molar-refractivity contribution in [1.29, 1.82) is 0 Å². The minimum absolute atomic E-state index is 0.179. The molecule has 2 atom stereocenters. The third-order valence-electron chi connectivity index (χ3n) is 5.09. The number of Topliss-reactive ketones (excluding diaryl/α,β-unsaturated/α-hetero) is 1. The SMILES string of the molecule is CCCCc1nc(SC)c(C(=O)C(Br)S(C)=O)n1Cc1ccc(-c2ccccc2)cc1. The number of imidazole rings is 1. The molecule has 0 bridgehead atoms. The van der Waals surface area contributed by atoms with Crippen LogP contribution in [-0.4, -0.2) is 36.2 Å². The number of hydrogen-bond acceptors (Lipinski definition) is 4. The molecule has 3 rings (SSSR count). The molecule has 0 saturated heterocycles. The second-order valence-corrected chi connectivity index (χ2v) is 11.1. The molecule has 0 aliphatic heterocycles. The molecule has 1 heterocycles. The van der Waals surface area contributed by atoms with Crippen LogP contribution in [0.4, 0.5) is 0 Å². The number of ketones is 1. The van der Waals surface area contributed by atoms with Crippen molar-refractivity contribution in [3.8, 4) is 11.1 Å². The van der Waals surface area contributed by atoms with Gasteiger partial charge in [0, 0.05) is 30.0 Å². The van der Waals surface area contributed by atoms with Crippen LogP contribution in [0.1, 0.15) is 41.6 Å². The summed E-state index contributed by atoms with van der Waals surface area (Å²) in [5, 5.41) is 0.701. The van der Waals surface area contributed by atoms with Gasteiger partial charge < -0.3 is 4.57 Å². The molecule has 2 aromatic carbocycles. The largest absolute Gasteiger partial charge is 0.320 e. The molecule has 3 aromatic rings. The van der Waals surface area contributed by atoms with Crippen molar-refractivity contribution in [2.45, 2.75) is 41.9 Å². The fourth-order valence-corrected chi connectivity index (χ4v) is 4.66. The molecule has 0 saturated carbocycles. The van der Waals surface area contributed by atoms with Crippen LogP contribution < -0.4 is 0 Å². The van der Waals surface area contributed by atoms with E-state index in [2.05, 4.69) is 59.3 Å². The minimum atomic E-state index is -1.31. The number of unbranched alkanes of at least 4 members (excludes halogenated alkanes) is 1. The number of carbonyl (C=O) groups excluding carboxylic acids is 1. The molecule has 0 amide bonds. The smallest absolute Gasteiger partial charge is 0.208 e. The first-order valence-corrected chi connectivity index (χ1v) is 14.0. The lowest BCUT2D eigenvalue weighted by atomic mass is 10.0. The number of thioether (sulfide) groups is 1. The number of aryl methyl sites for hydroxylation is 1. The maximum Gasteiger partial charge on any atom is 0.208 e. The third kappa shape index (κ3) is 5.76. The molecule has 2 unspecified atom stereocenters. The monoisotopic (exact) mass is 518 g/mol. The third-order valence-corrected chi connectivity index (χ3v) is 8.56. The second-order valence-electron chi connectivity index (χ2n) is 7.32. The van der Waals surface area contributed by atoms with E-state index in [1.807, 2.05) is 29.0 Å². The molecular weight excluding hydrogens is 492 g/mol. The molecule has 31 heavy (non-hydrogen) atoms. The van der Waals surface area contributed by atoms with Crippen molar-refractivity contribution in [2.75, 3.05) is 12.5 Å². The average Bonchev–Trinajstić information content (AvgIpc) is 3.14. The van der Waals surface area contributed by atoms with Crippen LogP contribution in [0.3, 0.4) is 0 Å². The quantitative estimate of drug-likeness (QED) is 0.189. The van der Waals surface area contributed by atoms with Crippen molar-refractivity contribution in [2.24, 2.45) is 0 Å². The highest BCUT2D eigenvalue weighted by atomic mass is 79.9. The van der Waals surface area contributed by atoms with E-state index in [1.165, 1.54) is 23.6 Å². The number of benzene rings is 2. The zero-order valence-electron chi connectivity index (χ0n) is 18.0. The molecule has 0 aliphatic carbocycles. The lowest BCUT2D eigenvalue weighted by molar-refractivity contribution is 0.0999. The first-order chi connectivity index (χ1) is 15.0. The van der Waals surface area contributed by atoms with Crippen molar-refractivity contribution < 1.29 is 9.00 Å². The number of aromatic nitrogens is 2. The summed E-state index contributed by atoms with van der Waals surface area (Å²) in [4.78, 5) is 18.0. The van der Waals surface area contributed by atoms with E-state index in [-0.39, 0.29) is 5.78 Å². The van der Waals surface area contributed by atoms with Gasteiger partial charge in [0.25, 0.3) is 0 Å². The van der Waals surface area contributed by atoms with Crippen LogP contribution in [0, 0.1) is 0 Å². The van der Waals surface area contributed by atoms with E-state index in [0.717, 1.165) is 36.2 Å². The predicted molar refractivity (Wildman–Crippen MR) is 135 cm³/mol. The fraction of sp³-hybridized carbons (Fsp3) is 0.333. The molecule has 0 radical (unpaired) electrons. The lowest BCUT2D eigenvalue weighted by Gasteiger charge is -2.14. The van der Waals surface area contributed by atoms with Gasteiger partial charge in [0.2, 0.25) is 5.78 Å². The first kappa shape index (κ1) is 24.0. The van der Waals surface area contributed by atoms with Gasteiger partial charge in [-0.1, -0.05) is 83.9 Å². The van der Waals surface area contributed by atoms with Gasteiger partial charge in [-0.3, -0.25) is 9.00 Å². The molecule has 4 nitrogen and oxygen atoms in total. The van der Waals surface area contributed by atoms with Crippen LogP contribution >= 0.6 is 27.7 Å². The highest BCUT2D eigenvalue weighted by Gasteiger charge is 2.29. The summed E-state index contributed by atoms with van der Waals surface area (Å²) >= 11 is 4.78. The fourth-order valence-electron chi connectivity index (χ4n) is 3.43. The van der Waals surface area contributed by atoms with Crippen LogP contribution in [0.25, 0.3) is 11.1 Å². The van der Waals surface area contributed by atoms with Gasteiger partial charge in [0.1, 0.15) is 16.5 Å². The molecule has 7 heteroatoms. The molecule has 0 spiro atoms. The number of rotatable bonds is 10. The second kappa shape index (κ2) is 11.2. The van der Waals surface area contributed by atoms with E-state index in [1.54, 1.807) is 0 Å². The Balaban J connectivity index is 1.98. The highest BCUT2D eigenvalue weighted by Crippen LogP contribution is 2.28. The Morgan fingerprint density at radius 2 is 1.77 bits per heavy atom. The Bertz CT molecular complexity index is 1050. The van der Waals surface area contributed by atoms with Gasteiger partial charge in [-0.2, -0.15) is 0 Å². The maximum absolute atomic E-state index is 13.2. The minimum Gasteiger partial charge on any atom is -0.320 e. The van der Waals surface area contributed by atoms with Crippen molar-refractivity contribution in [3.05, 3.63) is 71.7 Å². The summed E-state index contributed by atoms with van der Waals surface area (Å²) in [5.41, 5.74) is 3.97. The number of nitrogens with zero attached hydrogens (tertiary/aromatic N) is 2. The summed E-state index contributed by atoms with van der Waals surface area (Å²) < 4.78 is 13.3. The van der Waals surface area contributed by atoms with Crippen molar-refractivity contribution in [3.63, 3.8) is 0 Å². The molecule has 0 N–H and O–H groups in total. The van der Waals surface area contributed by atoms with Gasteiger partial charge in [-0.05, 0) is 29.4 Å². The van der Waals surface area contributed by atoms with Gasteiger partial charge in [-0.15, -0.1) is 11.8 Å². The Kier molecular flexibility index (Phi) is 8.69. The topological polar surface area (TPSA) is 52.0 Å². The van der Waals surface area contributed by atoms with Gasteiger partial charge in [-0.25, -0.2) is 4.98 Å². The van der Waals surface area contributed by atoms with Crippen LogP contribution in [0.5, 0.6) is 0 Å². The number of alkyl halides is 1.